The van der Waals surface area contributed by atoms with E-state index in [0.717, 1.165) is 118 Å². The van der Waals surface area contributed by atoms with Gasteiger partial charge in [-0.05, 0) is 36.5 Å². The molecule has 0 bridgehead atoms. The van der Waals surface area contributed by atoms with Gasteiger partial charge in [-0.1, -0.05) is 0 Å². The number of hydrogen-bond acceptors (Lipinski definition) is 34. The van der Waals surface area contributed by atoms with E-state index in [9.17, 15) is 62.6 Å². The number of carbonyl (C=O) groups is 12. The van der Waals surface area contributed by atoms with Crippen molar-refractivity contribution in [3.63, 3.8) is 0 Å². The van der Waals surface area contributed by atoms with Gasteiger partial charge >= 0.3 is 71.6 Å². The lowest BCUT2D eigenvalue weighted by atomic mass is 9.92. The molecule has 0 aromatic rings. The van der Waals surface area contributed by atoms with Crippen LogP contribution in [-0.2, 0) is 143 Å². The molecule has 0 aliphatic carbocycles. The van der Waals surface area contributed by atoms with Crippen molar-refractivity contribution < 1.29 is 148 Å². The van der Waals surface area contributed by atoms with Gasteiger partial charge < -0.3 is 90.4 Å². The molecule has 512 valence electrons. The predicted molar refractivity (Wildman–Crippen MR) is 309 cm³/mol. The highest BCUT2D eigenvalue weighted by Crippen LogP contribution is 2.38. The summed E-state index contributed by atoms with van der Waals surface area (Å²) in [5.74, 6) is -8.22. The van der Waals surface area contributed by atoms with Crippen molar-refractivity contribution >= 4 is 107 Å². The molecule has 0 spiro atoms. The molecule has 0 saturated carbocycles. The van der Waals surface area contributed by atoms with E-state index in [1.165, 1.54) is 0 Å². The Morgan fingerprint density at radius 2 is 0.533 bits per heavy atom. The fourth-order valence-electron chi connectivity index (χ4n) is 9.18. The largest absolute Gasteiger partial charge is 0.463 e. The summed E-state index contributed by atoms with van der Waals surface area (Å²) in [7, 11) is 0. The first-order valence-electron chi connectivity index (χ1n) is 28.6. The lowest BCUT2D eigenvalue weighted by Gasteiger charge is -2.44. The van der Waals surface area contributed by atoms with E-state index in [4.69, 9.17) is 85.3 Å². The van der Waals surface area contributed by atoms with E-state index in [-0.39, 0.29) is 56.9 Å². The van der Waals surface area contributed by atoms with Crippen LogP contribution in [0.1, 0.15) is 102 Å². The number of thioether (sulfide) groups is 3. The monoisotopic (exact) mass is 1350 g/mol. The number of rotatable bonds is 37. The van der Waals surface area contributed by atoms with Gasteiger partial charge in [0.2, 0.25) is 0 Å². The normalized spacial score (nSPS) is 26.4. The molecule has 0 radical (unpaired) electrons. The van der Waals surface area contributed by atoms with Crippen LogP contribution in [0.4, 0.5) is 0 Å². The standard InChI is InChI=1S/C56H84O31S3/c1-29(58)73-22-41-44(76-32(4)61)47(79-35(7)64)50(82-38(10)67)53(85-41)88-19-13-16-70-26-56(25-57,27-71-17-14-20-89-54-51(83-39(11)68)48(80-36(8)65)45(77-33(5)62)42(86-54)23-74-30(2)59)28-72-18-15-21-90-55-52(84-40(12)69)49(81-37(9)66)46(78-34(6)63)43(87-55)24-75-31(3)60/h41-55,57H,13-28H2,1-12H3/t41-,42-,43-,44-,45-,46-,47+,48+,49+,50+,51+,52+,53-,54-,55-/m1/s1. The zero-order valence-electron chi connectivity index (χ0n) is 52.4. The van der Waals surface area contributed by atoms with Crippen LogP contribution in [0.2, 0.25) is 0 Å². The van der Waals surface area contributed by atoms with Gasteiger partial charge in [0.05, 0.1) is 31.8 Å². The van der Waals surface area contributed by atoms with E-state index in [1.54, 1.807) is 0 Å². The molecule has 0 unspecified atom stereocenters. The molecule has 0 amide bonds. The van der Waals surface area contributed by atoms with Crippen molar-refractivity contribution in [3.05, 3.63) is 0 Å². The Morgan fingerprint density at radius 1 is 0.322 bits per heavy atom. The fourth-order valence-corrected chi connectivity index (χ4v) is 12.6. The van der Waals surface area contributed by atoms with Crippen molar-refractivity contribution in [1.82, 2.24) is 0 Å². The summed E-state index contributed by atoms with van der Waals surface area (Å²) in [4.78, 5) is 146. The quantitative estimate of drug-likeness (QED) is 0.0525. The Bertz CT molecular complexity index is 2140. The van der Waals surface area contributed by atoms with E-state index in [0.29, 0.717) is 19.3 Å². The van der Waals surface area contributed by atoms with Gasteiger partial charge in [-0.25, -0.2) is 0 Å². The molecule has 0 aromatic heterocycles. The third-order valence-electron chi connectivity index (χ3n) is 12.6. The number of esters is 12. The zero-order valence-corrected chi connectivity index (χ0v) is 54.8. The van der Waals surface area contributed by atoms with Crippen LogP contribution in [0.3, 0.4) is 0 Å². The minimum Gasteiger partial charge on any atom is -0.463 e. The minimum absolute atomic E-state index is 0.0687. The number of carbonyl (C=O) groups excluding carboxylic acids is 12. The summed E-state index contributed by atoms with van der Waals surface area (Å²) >= 11 is 3.43. The van der Waals surface area contributed by atoms with Gasteiger partial charge in [-0.15, -0.1) is 35.3 Å². The molecular formula is C56H84O31S3. The number of aliphatic hydroxyl groups excluding tert-OH is 1. The van der Waals surface area contributed by atoms with Gasteiger partial charge in [0.25, 0.3) is 0 Å². The topological polar surface area (TPSA) is 391 Å². The van der Waals surface area contributed by atoms with Gasteiger partial charge in [0.1, 0.15) is 54.4 Å². The maximum Gasteiger partial charge on any atom is 0.303 e. The van der Waals surface area contributed by atoms with Crippen LogP contribution < -0.4 is 0 Å². The minimum atomic E-state index is -1.36. The predicted octanol–water partition coefficient (Wildman–Crippen LogP) is 1.63. The van der Waals surface area contributed by atoms with Crippen LogP contribution in [0, 0.1) is 5.41 Å². The first kappa shape index (κ1) is 78.7. The summed E-state index contributed by atoms with van der Waals surface area (Å²) in [6, 6.07) is 0. The van der Waals surface area contributed by atoms with Crippen molar-refractivity contribution in [3.8, 4) is 0 Å². The van der Waals surface area contributed by atoms with Crippen molar-refractivity contribution in [2.75, 3.05) is 83.3 Å². The molecule has 31 nitrogen and oxygen atoms in total. The van der Waals surface area contributed by atoms with Gasteiger partial charge in [-0.3, -0.25) is 57.5 Å². The van der Waals surface area contributed by atoms with Gasteiger partial charge in [0, 0.05) is 103 Å². The van der Waals surface area contributed by atoms with E-state index in [1.807, 2.05) is 0 Å². The second-order valence-corrected chi connectivity index (χ2v) is 24.3. The second kappa shape index (κ2) is 40.4. The molecule has 3 aliphatic rings. The van der Waals surface area contributed by atoms with E-state index >= 15 is 0 Å². The lowest BCUT2D eigenvalue weighted by Crippen LogP contribution is -2.61. The molecule has 34 heteroatoms. The Hall–Kier alpha value is -5.59. The van der Waals surface area contributed by atoms with Gasteiger partial charge in [-0.2, -0.15) is 0 Å². The highest BCUT2D eigenvalue weighted by atomic mass is 32.2. The average Bonchev–Trinajstić information content (AvgIpc) is 0.881. The van der Waals surface area contributed by atoms with Crippen molar-refractivity contribution in [2.24, 2.45) is 5.41 Å². The molecule has 3 heterocycles. The second-order valence-electron chi connectivity index (χ2n) is 20.7. The summed E-state index contributed by atoms with van der Waals surface area (Å²) < 4.78 is 102. The third-order valence-corrected chi connectivity index (χ3v) is 16.2. The smallest absolute Gasteiger partial charge is 0.303 e. The molecule has 3 aliphatic heterocycles. The average molecular weight is 1350 g/mol. The summed E-state index contributed by atoms with van der Waals surface area (Å²) in [6.07, 6.45) is -14.5. The molecular weight excluding hydrogens is 1260 g/mol. The highest BCUT2D eigenvalue weighted by Gasteiger charge is 2.55. The molecule has 1 N–H and O–H groups in total. The van der Waals surface area contributed by atoms with Crippen LogP contribution in [0.15, 0.2) is 0 Å². The Balaban J connectivity index is 1.82. The lowest BCUT2D eigenvalue weighted by molar-refractivity contribution is -0.237. The molecule has 3 fully saturated rings. The number of ether oxygens (including phenoxy) is 18. The molecule has 90 heavy (non-hydrogen) atoms. The van der Waals surface area contributed by atoms with E-state index in [2.05, 4.69) is 0 Å². The molecule has 0 aromatic carbocycles. The van der Waals surface area contributed by atoms with Crippen LogP contribution in [0.25, 0.3) is 0 Å². The SMILES string of the molecule is CC(=O)OC[C@H]1O[C@H](SCCCOCC(CO)(COCCCS[C@H]2O[C@H](COC(C)=O)[C@@H](OC(C)=O)[C@H](OC(C)=O)[C@@H]2OC(C)=O)COCCCS[C@H]2O[C@H](COC(C)=O)[C@@H](OC(C)=O)[C@H](OC(C)=O)[C@@H]2OC(C)=O)[C@@H](OC(C)=O)[C@@H](OC(C)=O)[C@@H]1OC(C)=O. The molecule has 3 saturated heterocycles. The first-order valence-corrected chi connectivity index (χ1v) is 31.7. The fraction of sp³-hybridized carbons (Fsp3) is 0.786. The molecule has 15 atom stereocenters. The summed E-state index contributed by atoms with van der Waals surface area (Å²) in [5, 5.41) is 11.1. The van der Waals surface area contributed by atoms with Crippen LogP contribution >= 0.6 is 35.3 Å². The zero-order chi connectivity index (χ0) is 67.3. The van der Waals surface area contributed by atoms with E-state index < -0.39 is 193 Å². The van der Waals surface area contributed by atoms with Crippen molar-refractivity contribution in [2.45, 2.75) is 192 Å². The highest BCUT2D eigenvalue weighted by molar-refractivity contribution is 8.00. The Kier molecular flexibility index (Phi) is 35.3. The van der Waals surface area contributed by atoms with Crippen LogP contribution in [-0.4, -0.2) is 250 Å². The maximum absolute atomic E-state index is 12.4. The number of hydrogen-bond donors (Lipinski definition) is 1. The number of aliphatic hydroxyl groups is 1. The third kappa shape index (κ3) is 28.5. The first-order chi connectivity index (χ1) is 42.4. The Morgan fingerprint density at radius 3 is 0.733 bits per heavy atom. The summed E-state index contributed by atoms with van der Waals surface area (Å²) in [6.45, 7) is 11.6. The Labute approximate surface area is 533 Å². The van der Waals surface area contributed by atoms with Gasteiger partial charge in [0.15, 0.2) is 54.9 Å². The maximum atomic E-state index is 12.4. The summed E-state index contributed by atoms with van der Waals surface area (Å²) in [5.41, 5.74) is -4.34. The van der Waals surface area contributed by atoms with Crippen molar-refractivity contribution in [1.29, 1.82) is 0 Å². The molecule has 3 rings (SSSR count). The van der Waals surface area contributed by atoms with Crippen LogP contribution in [0.5, 0.6) is 0 Å².